The Morgan fingerprint density at radius 3 is 2.53 bits per heavy atom. The van der Waals surface area contributed by atoms with Crippen molar-refractivity contribution < 1.29 is 14.3 Å². The predicted molar refractivity (Wildman–Crippen MR) is 116 cm³/mol. The lowest BCUT2D eigenvalue weighted by atomic mass is 10.1. The van der Waals surface area contributed by atoms with Gasteiger partial charge in [-0.1, -0.05) is 18.2 Å². The van der Waals surface area contributed by atoms with Crippen LogP contribution in [0.15, 0.2) is 30.3 Å². The summed E-state index contributed by atoms with van der Waals surface area (Å²) in [6.07, 6.45) is 0. The van der Waals surface area contributed by atoms with Gasteiger partial charge in [-0.15, -0.1) is 0 Å². The molecule has 1 N–H and O–H groups in total. The Kier molecular flexibility index (Phi) is 6.44. The summed E-state index contributed by atoms with van der Waals surface area (Å²) >= 11 is 0. The van der Waals surface area contributed by atoms with E-state index < -0.39 is 0 Å². The van der Waals surface area contributed by atoms with Crippen LogP contribution in [0.3, 0.4) is 0 Å². The Labute approximate surface area is 176 Å². The lowest BCUT2D eigenvalue weighted by Crippen LogP contribution is -2.49. The summed E-state index contributed by atoms with van der Waals surface area (Å²) in [5.41, 5.74) is 1.53. The van der Waals surface area contributed by atoms with Crippen LogP contribution in [0.1, 0.15) is 17.3 Å². The van der Waals surface area contributed by atoms with Crippen molar-refractivity contribution >= 4 is 28.5 Å². The molecule has 2 saturated heterocycles. The molecule has 0 aliphatic carbocycles. The number of ether oxygens (including phenoxy) is 1. The van der Waals surface area contributed by atoms with E-state index in [0.717, 1.165) is 42.9 Å². The van der Waals surface area contributed by atoms with E-state index in [-0.39, 0.29) is 11.8 Å². The summed E-state index contributed by atoms with van der Waals surface area (Å²) in [7, 11) is 0. The summed E-state index contributed by atoms with van der Waals surface area (Å²) < 4.78 is 5.40. The molecule has 1 aromatic carbocycles. The number of nitrogens with one attached hydrogen (secondary N) is 1. The van der Waals surface area contributed by atoms with Crippen LogP contribution in [0.25, 0.3) is 10.9 Å². The molecule has 0 radical (unpaired) electrons. The maximum absolute atomic E-state index is 13.3. The molecular weight excluding hydrogens is 382 g/mol. The topological polar surface area (TPSA) is 78.0 Å². The van der Waals surface area contributed by atoms with Gasteiger partial charge in [0.25, 0.3) is 5.91 Å². The molecule has 2 aliphatic heterocycles. The molecule has 0 unspecified atom stereocenters. The molecule has 8 nitrogen and oxygen atoms in total. The van der Waals surface area contributed by atoms with Gasteiger partial charge in [-0.2, -0.15) is 0 Å². The van der Waals surface area contributed by atoms with Crippen LogP contribution < -0.4 is 10.2 Å². The van der Waals surface area contributed by atoms with Gasteiger partial charge in [0.1, 0.15) is 5.82 Å². The van der Waals surface area contributed by atoms with E-state index in [4.69, 9.17) is 9.72 Å². The minimum atomic E-state index is 0.0352. The zero-order chi connectivity index (χ0) is 20.9. The number of anilines is 1. The fourth-order valence-corrected chi connectivity index (χ4v) is 4.03. The summed E-state index contributed by atoms with van der Waals surface area (Å²) in [4.78, 5) is 36.2. The van der Waals surface area contributed by atoms with Gasteiger partial charge in [0.05, 0.1) is 30.8 Å². The Morgan fingerprint density at radius 2 is 1.80 bits per heavy atom. The Hall–Kier alpha value is -2.71. The van der Waals surface area contributed by atoms with E-state index in [1.165, 1.54) is 0 Å². The fraction of sp³-hybridized carbons (Fsp3) is 0.500. The average Bonchev–Trinajstić information content (AvgIpc) is 2.79. The number of fused-ring (bicyclic) bond motifs is 1. The van der Waals surface area contributed by atoms with Crippen molar-refractivity contribution in [2.24, 2.45) is 0 Å². The van der Waals surface area contributed by atoms with Gasteiger partial charge in [0.15, 0.2) is 0 Å². The van der Waals surface area contributed by atoms with Crippen LogP contribution in [0.2, 0.25) is 0 Å². The number of para-hydroxylation sites is 1. The normalized spacial score (nSPS) is 17.9. The van der Waals surface area contributed by atoms with Crippen molar-refractivity contribution in [1.29, 1.82) is 0 Å². The number of likely N-dealkylation sites (N-methyl/N-ethyl adjacent to an activating group) is 1. The second kappa shape index (κ2) is 9.40. The lowest BCUT2D eigenvalue weighted by molar-refractivity contribution is -0.122. The number of hydrogen-bond acceptors (Lipinski definition) is 6. The molecule has 0 saturated carbocycles. The van der Waals surface area contributed by atoms with Crippen molar-refractivity contribution in [2.45, 2.75) is 6.92 Å². The standard InChI is InChI=1S/C22H29N5O3/c1-2-23-21(28)16-25-7-9-26(10-8-25)20-15-18(17-5-3-4-6-19(17)24-20)22(29)27-11-13-30-14-12-27/h3-6,15H,2,7-14,16H2,1H3,(H,23,28). The molecule has 0 atom stereocenters. The Balaban J connectivity index is 1.54. The number of nitrogens with zero attached hydrogens (tertiary/aromatic N) is 4. The second-order valence-corrected chi connectivity index (χ2v) is 7.67. The monoisotopic (exact) mass is 411 g/mol. The first-order valence-electron chi connectivity index (χ1n) is 10.7. The van der Waals surface area contributed by atoms with Crippen molar-refractivity contribution in [2.75, 3.05) is 70.5 Å². The number of carbonyl (C=O) groups is 2. The van der Waals surface area contributed by atoms with Gasteiger partial charge in [-0.05, 0) is 19.1 Å². The van der Waals surface area contributed by atoms with E-state index >= 15 is 0 Å². The highest BCUT2D eigenvalue weighted by atomic mass is 16.5. The van der Waals surface area contributed by atoms with E-state index in [9.17, 15) is 9.59 Å². The van der Waals surface area contributed by atoms with Crippen molar-refractivity contribution in [3.05, 3.63) is 35.9 Å². The maximum atomic E-state index is 13.3. The molecule has 8 heteroatoms. The van der Waals surface area contributed by atoms with Crippen molar-refractivity contribution in [3.63, 3.8) is 0 Å². The van der Waals surface area contributed by atoms with Gasteiger partial charge in [-0.25, -0.2) is 4.98 Å². The molecule has 2 amide bonds. The highest BCUT2D eigenvalue weighted by Crippen LogP contribution is 2.25. The molecule has 2 aromatic rings. The Bertz CT molecular complexity index is 905. The zero-order valence-corrected chi connectivity index (χ0v) is 17.5. The fourth-order valence-electron chi connectivity index (χ4n) is 4.03. The van der Waals surface area contributed by atoms with Crippen LogP contribution in [-0.4, -0.2) is 92.2 Å². The van der Waals surface area contributed by atoms with Crippen LogP contribution >= 0.6 is 0 Å². The van der Waals surface area contributed by atoms with Gasteiger partial charge in [0.2, 0.25) is 5.91 Å². The van der Waals surface area contributed by atoms with Crippen LogP contribution in [0.5, 0.6) is 0 Å². The molecule has 30 heavy (non-hydrogen) atoms. The number of benzene rings is 1. The first-order valence-corrected chi connectivity index (χ1v) is 10.7. The first kappa shape index (κ1) is 20.6. The van der Waals surface area contributed by atoms with E-state index in [1.54, 1.807) is 0 Å². The molecule has 1 aromatic heterocycles. The lowest BCUT2D eigenvalue weighted by Gasteiger charge is -2.35. The summed E-state index contributed by atoms with van der Waals surface area (Å²) in [5, 5.41) is 3.73. The predicted octanol–water partition coefficient (Wildman–Crippen LogP) is 0.965. The molecule has 0 spiro atoms. The summed E-state index contributed by atoms with van der Waals surface area (Å²) in [5.74, 6) is 0.921. The quantitative estimate of drug-likeness (QED) is 0.790. The van der Waals surface area contributed by atoms with Gasteiger partial charge in [-0.3, -0.25) is 14.5 Å². The number of amides is 2. The first-order chi connectivity index (χ1) is 14.7. The average molecular weight is 412 g/mol. The summed E-state index contributed by atoms with van der Waals surface area (Å²) in [6, 6.07) is 9.75. The van der Waals surface area contributed by atoms with E-state index in [2.05, 4.69) is 15.1 Å². The van der Waals surface area contributed by atoms with Crippen molar-refractivity contribution in [1.82, 2.24) is 20.1 Å². The highest BCUT2D eigenvalue weighted by molar-refractivity contribution is 6.07. The molecular formula is C22H29N5O3. The van der Waals surface area contributed by atoms with Crippen LogP contribution in [0, 0.1) is 0 Å². The van der Waals surface area contributed by atoms with Crippen molar-refractivity contribution in [3.8, 4) is 0 Å². The minimum Gasteiger partial charge on any atom is -0.378 e. The number of rotatable bonds is 5. The number of carbonyl (C=O) groups excluding carboxylic acids is 2. The third-order valence-corrected chi connectivity index (χ3v) is 5.67. The second-order valence-electron chi connectivity index (χ2n) is 7.67. The van der Waals surface area contributed by atoms with Crippen LogP contribution in [-0.2, 0) is 9.53 Å². The number of aromatic nitrogens is 1. The van der Waals surface area contributed by atoms with E-state index in [1.807, 2.05) is 42.2 Å². The largest absolute Gasteiger partial charge is 0.378 e. The number of hydrogen-bond donors (Lipinski definition) is 1. The minimum absolute atomic E-state index is 0.0352. The SMILES string of the molecule is CCNC(=O)CN1CCN(c2cc(C(=O)N3CCOCC3)c3ccccc3n2)CC1. The third-order valence-electron chi connectivity index (χ3n) is 5.67. The van der Waals surface area contributed by atoms with Gasteiger partial charge >= 0.3 is 0 Å². The molecule has 4 rings (SSSR count). The van der Waals surface area contributed by atoms with E-state index in [0.29, 0.717) is 45.0 Å². The molecule has 160 valence electrons. The Morgan fingerprint density at radius 1 is 1.07 bits per heavy atom. The number of pyridine rings is 1. The smallest absolute Gasteiger partial charge is 0.254 e. The van der Waals surface area contributed by atoms with Crippen LogP contribution in [0.4, 0.5) is 5.82 Å². The molecule has 3 heterocycles. The van der Waals surface area contributed by atoms with Gasteiger partial charge in [0, 0.05) is 51.2 Å². The molecule has 0 bridgehead atoms. The number of morpholine rings is 1. The maximum Gasteiger partial charge on any atom is 0.254 e. The highest BCUT2D eigenvalue weighted by Gasteiger charge is 2.24. The van der Waals surface area contributed by atoms with Gasteiger partial charge < -0.3 is 19.9 Å². The summed E-state index contributed by atoms with van der Waals surface area (Å²) in [6.45, 7) is 8.52. The zero-order valence-electron chi connectivity index (χ0n) is 17.5. The third kappa shape index (κ3) is 4.55. The molecule has 2 fully saturated rings. The number of piperazine rings is 1. The molecule has 2 aliphatic rings.